The van der Waals surface area contributed by atoms with Gasteiger partial charge in [-0.2, -0.15) is 0 Å². The van der Waals surface area contributed by atoms with E-state index in [1.807, 2.05) is 62.4 Å². The molecule has 0 aliphatic heterocycles. The van der Waals surface area contributed by atoms with Gasteiger partial charge in [0.05, 0.1) is 18.4 Å². The van der Waals surface area contributed by atoms with Crippen LogP contribution in [0.1, 0.15) is 31.4 Å². The maximum absolute atomic E-state index is 12.2. The highest BCUT2D eigenvalue weighted by atomic mass is 32.2. The fourth-order valence-electron chi connectivity index (χ4n) is 2.32. The first-order chi connectivity index (χ1) is 13.4. The molecule has 0 radical (unpaired) electrons. The van der Waals surface area contributed by atoms with Crippen LogP contribution in [0, 0.1) is 0 Å². The van der Waals surface area contributed by atoms with Crippen molar-refractivity contribution in [2.75, 3.05) is 11.1 Å². The average Bonchev–Trinajstić information content (AvgIpc) is 2.66. The number of nitrogens with one attached hydrogen (secondary N) is 2. The van der Waals surface area contributed by atoms with Crippen molar-refractivity contribution in [1.29, 1.82) is 0 Å². The predicted octanol–water partition coefficient (Wildman–Crippen LogP) is 3.90. The van der Waals surface area contributed by atoms with Gasteiger partial charge in [0.1, 0.15) is 0 Å². The van der Waals surface area contributed by atoms with E-state index < -0.39 is 0 Å². The molecule has 0 saturated heterocycles. The molecule has 4 N–H and O–H groups in total. The largest absolute Gasteiger partial charge is 0.374 e. The van der Waals surface area contributed by atoms with Crippen LogP contribution >= 0.6 is 11.8 Å². The second-order valence-corrected chi connectivity index (χ2v) is 7.68. The summed E-state index contributed by atoms with van der Waals surface area (Å²) in [5, 5.41) is 5.71. The summed E-state index contributed by atoms with van der Waals surface area (Å²) in [5.41, 5.74) is 7.98. The number of hydrogen-bond acceptors (Lipinski definition) is 4. The van der Waals surface area contributed by atoms with Crippen LogP contribution in [0.25, 0.3) is 0 Å². The lowest BCUT2D eigenvalue weighted by molar-refractivity contribution is -0.117. The maximum Gasteiger partial charge on any atom is 0.319 e. The van der Waals surface area contributed by atoms with Crippen LogP contribution in [0.3, 0.4) is 0 Å². The molecule has 0 spiro atoms. The van der Waals surface area contributed by atoms with Crippen molar-refractivity contribution in [2.24, 2.45) is 5.73 Å². The highest BCUT2D eigenvalue weighted by molar-refractivity contribution is 7.99. The molecule has 2 rings (SSSR count). The molecule has 0 bridgehead atoms. The van der Waals surface area contributed by atoms with Crippen LogP contribution in [-0.2, 0) is 22.7 Å². The molecule has 0 saturated carbocycles. The van der Waals surface area contributed by atoms with Gasteiger partial charge in [-0.1, -0.05) is 36.4 Å². The van der Waals surface area contributed by atoms with Gasteiger partial charge < -0.3 is 21.1 Å². The normalized spacial score (nSPS) is 10.7. The molecule has 150 valence electrons. The number of carbonyl (C=O) groups excluding carboxylic acids is 2. The van der Waals surface area contributed by atoms with Crippen molar-refractivity contribution >= 4 is 29.4 Å². The van der Waals surface area contributed by atoms with Crippen molar-refractivity contribution in [3.05, 3.63) is 59.7 Å². The summed E-state index contributed by atoms with van der Waals surface area (Å²) in [4.78, 5) is 24.0. The number of ether oxygens (including phenoxy) is 1. The van der Waals surface area contributed by atoms with E-state index in [2.05, 4.69) is 10.6 Å². The van der Waals surface area contributed by atoms with Crippen LogP contribution in [0.2, 0.25) is 0 Å². The molecule has 3 amide bonds. The Bertz CT molecular complexity index is 779. The zero-order valence-corrected chi connectivity index (χ0v) is 17.1. The van der Waals surface area contributed by atoms with Gasteiger partial charge in [-0.3, -0.25) is 4.79 Å². The molecular formula is C21H27N3O3S. The molecule has 7 heteroatoms. The van der Waals surface area contributed by atoms with Gasteiger partial charge >= 0.3 is 6.03 Å². The summed E-state index contributed by atoms with van der Waals surface area (Å²) >= 11 is 1.48. The van der Waals surface area contributed by atoms with E-state index in [0.717, 1.165) is 16.0 Å². The lowest BCUT2D eigenvalue weighted by Crippen LogP contribution is -2.28. The first-order valence-corrected chi connectivity index (χ1v) is 10.2. The van der Waals surface area contributed by atoms with Gasteiger partial charge in [0.25, 0.3) is 0 Å². The third kappa shape index (κ3) is 8.02. The number of primary amides is 1. The fraction of sp³-hybridized carbons (Fsp3) is 0.333. The number of anilines is 1. The highest BCUT2D eigenvalue weighted by Crippen LogP contribution is 2.27. The second kappa shape index (κ2) is 11.4. The smallest absolute Gasteiger partial charge is 0.319 e. The van der Waals surface area contributed by atoms with E-state index in [1.54, 1.807) is 0 Å². The molecule has 0 atom stereocenters. The molecule has 0 heterocycles. The van der Waals surface area contributed by atoms with E-state index in [0.29, 0.717) is 31.0 Å². The van der Waals surface area contributed by atoms with Gasteiger partial charge in [0, 0.05) is 23.6 Å². The van der Waals surface area contributed by atoms with E-state index in [-0.39, 0.29) is 18.0 Å². The zero-order chi connectivity index (χ0) is 20.4. The number of amides is 3. The summed E-state index contributed by atoms with van der Waals surface area (Å²) < 4.78 is 5.58. The Labute approximate surface area is 170 Å². The van der Waals surface area contributed by atoms with E-state index in [1.165, 1.54) is 11.8 Å². The Morgan fingerprint density at radius 3 is 2.43 bits per heavy atom. The van der Waals surface area contributed by atoms with E-state index in [4.69, 9.17) is 10.5 Å². The monoisotopic (exact) mass is 401 g/mol. The summed E-state index contributed by atoms with van der Waals surface area (Å²) in [7, 11) is 0. The summed E-state index contributed by atoms with van der Waals surface area (Å²) in [6, 6.07) is 15.2. The zero-order valence-electron chi connectivity index (χ0n) is 16.2. The number of carbonyl (C=O) groups is 2. The van der Waals surface area contributed by atoms with Gasteiger partial charge in [0.2, 0.25) is 5.91 Å². The summed E-state index contributed by atoms with van der Waals surface area (Å²) in [6.07, 6.45) is 0.491. The highest BCUT2D eigenvalue weighted by Gasteiger charge is 2.07. The first kappa shape index (κ1) is 21.8. The predicted molar refractivity (Wildman–Crippen MR) is 113 cm³/mol. The topological polar surface area (TPSA) is 93.4 Å². The quantitative estimate of drug-likeness (QED) is 0.526. The molecular weight excluding hydrogens is 374 g/mol. The number of rotatable bonds is 10. The minimum atomic E-state index is -0.336. The van der Waals surface area contributed by atoms with Crippen molar-refractivity contribution < 1.29 is 14.3 Å². The van der Waals surface area contributed by atoms with Crippen LogP contribution < -0.4 is 16.4 Å². The number of urea groups is 1. The molecule has 0 aromatic heterocycles. The van der Waals surface area contributed by atoms with Gasteiger partial charge in [-0.15, -0.1) is 11.8 Å². The number of nitrogens with two attached hydrogens (primary N) is 1. The van der Waals surface area contributed by atoms with Gasteiger partial charge in [-0.05, 0) is 37.1 Å². The number of hydrogen-bond donors (Lipinski definition) is 3. The molecule has 6 nitrogen and oxygen atoms in total. The van der Waals surface area contributed by atoms with E-state index >= 15 is 0 Å². The Morgan fingerprint density at radius 2 is 1.75 bits per heavy atom. The lowest BCUT2D eigenvalue weighted by Gasteiger charge is -2.12. The molecule has 28 heavy (non-hydrogen) atoms. The summed E-state index contributed by atoms with van der Waals surface area (Å²) in [5.74, 6) is 0.236. The molecule has 0 aliphatic carbocycles. The number of benzene rings is 2. The minimum Gasteiger partial charge on any atom is -0.374 e. The third-order valence-corrected chi connectivity index (χ3v) is 4.88. The fourth-order valence-corrected chi connectivity index (χ4v) is 3.29. The molecule has 2 aromatic rings. The second-order valence-electron chi connectivity index (χ2n) is 6.54. The molecule has 0 aliphatic rings. The summed E-state index contributed by atoms with van der Waals surface area (Å²) in [6.45, 7) is 5.01. The first-order valence-electron chi connectivity index (χ1n) is 9.18. The lowest BCUT2D eigenvalue weighted by atomic mass is 10.1. The average molecular weight is 402 g/mol. The Hall–Kier alpha value is -2.51. The van der Waals surface area contributed by atoms with Gasteiger partial charge in [0.15, 0.2) is 0 Å². The van der Waals surface area contributed by atoms with Crippen LogP contribution in [0.5, 0.6) is 0 Å². The Kier molecular flexibility index (Phi) is 8.84. The standard InChI is InChI=1S/C21H27N3O3S/c1-15(2)27-14-17-9-7-16(8-10-17)13-23-21(26)24-18-5-3-4-6-19(18)28-12-11-20(22)25/h3-10,15H,11-14H2,1-2H3,(H2,22,25)(H2,23,24,26). The Balaban J connectivity index is 1.83. The van der Waals surface area contributed by atoms with Crippen LogP contribution in [0.4, 0.5) is 10.5 Å². The molecule has 0 fully saturated rings. The van der Waals surface area contributed by atoms with Crippen LogP contribution in [0.15, 0.2) is 53.4 Å². The van der Waals surface area contributed by atoms with E-state index in [9.17, 15) is 9.59 Å². The number of para-hydroxylation sites is 1. The molecule has 2 aromatic carbocycles. The van der Waals surface area contributed by atoms with Crippen LogP contribution in [-0.4, -0.2) is 23.8 Å². The molecule has 0 unspecified atom stereocenters. The third-order valence-electron chi connectivity index (χ3n) is 3.80. The van der Waals surface area contributed by atoms with Crippen molar-refractivity contribution in [3.63, 3.8) is 0 Å². The van der Waals surface area contributed by atoms with Crippen molar-refractivity contribution in [3.8, 4) is 0 Å². The maximum atomic E-state index is 12.2. The number of thioether (sulfide) groups is 1. The minimum absolute atomic E-state index is 0.196. The van der Waals surface area contributed by atoms with Gasteiger partial charge in [-0.25, -0.2) is 4.79 Å². The Morgan fingerprint density at radius 1 is 1.07 bits per heavy atom. The van der Waals surface area contributed by atoms with Crippen molar-refractivity contribution in [2.45, 2.75) is 44.4 Å². The van der Waals surface area contributed by atoms with Crippen molar-refractivity contribution in [1.82, 2.24) is 5.32 Å². The SMILES string of the molecule is CC(C)OCc1ccc(CNC(=O)Nc2ccccc2SCCC(N)=O)cc1.